The second kappa shape index (κ2) is 9.51. The number of hydrogen-bond acceptors (Lipinski definition) is 4. The highest BCUT2D eigenvalue weighted by atomic mass is 35.5. The highest BCUT2D eigenvalue weighted by Gasteiger charge is 2.38. The number of carbonyl (C=O) groups is 2. The van der Waals surface area contributed by atoms with E-state index >= 15 is 0 Å². The number of nitrogens with one attached hydrogen (secondary N) is 1. The normalized spacial score (nSPS) is 19.7. The Hall–Kier alpha value is -2.57. The van der Waals surface area contributed by atoms with Crippen molar-refractivity contribution in [2.45, 2.75) is 52.2 Å². The van der Waals surface area contributed by atoms with Crippen molar-refractivity contribution in [1.29, 1.82) is 0 Å². The van der Waals surface area contributed by atoms with Gasteiger partial charge in [-0.25, -0.2) is 4.99 Å². The second-order valence-corrected chi connectivity index (χ2v) is 9.61. The lowest BCUT2D eigenvalue weighted by Crippen LogP contribution is -2.51. The average Bonchev–Trinajstić information content (AvgIpc) is 2.70. The number of benzene rings is 2. The van der Waals surface area contributed by atoms with Crippen LogP contribution in [0.15, 0.2) is 47.5 Å². The summed E-state index contributed by atoms with van der Waals surface area (Å²) < 4.78 is 0. The van der Waals surface area contributed by atoms with Crippen LogP contribution in [0.3, 0.4) is 0 Å². The zero-order valence-electron chi connectivity index (χ0n) is 18.7. The number of nitrogens with zero attached hydrogens (tertiary/aromatic N) is 2. The van der Waals surface area contributed by atoms with Crippen molar-refractivity contribution in [3.8, 4) is 0 Å². The van der Waals surface area contributed by atoms with Crippen LogP contribution in [-0.2, 0) is 11.3 Å². The standard InChI is InChI=1S/C24H28Cl2N4O2/c1-14(2)24(4)12-21(31)30(23(27)29-24)13-16-8-18(11-20(26)9-16)22(32)28-15(3)17-6-5-7-19(25)10-17/h5-11,14-15H,12-13H2,1-4H3,(H2,27,29)(H,28,32)/t15-,24-/m0/s1. The summed E-state index contributed by atoms with van der Waals surface area (Å²) in [4.78, 5) is 31.7. The quantitative estimate of drug-likeness (QED) is 0.620. The molecular weight excluding hydrogens is 447 g/mol. The maximum Gasteiger partial charge on any atom is 0.251 e. The van der Waals surface area contributed by atoms with Crippen molar-refractivity contribution in [2.75, 3.05) is 0 Å². The van der Waals surface area contributed by atoms with E-state index in [0.29, 0.717) is 21.2 Å². The molecule has 3 rings (SSSR count). The molecule has 1 aliphatic heterocycles. The first-order chi connectivity index (χ1) is 15.0. The van der Waals surface area contributed by atoms with E-state index in [1.807, 2.05) is 45.9 Å². The van der Waals surface area contributed by atoms with Crippen LogP contribution in [0.5, 0.6) is 0 Å². The van der Waals surface area contributed by atoms with Crippen LogP contribution in [-0.4, -0.2) is 28.2 Å². The van der Waals surface area contributed by atoms with Crippen molar-refractivity contribution in [3.63, 3.8) is 0 Å². The van der Waals surface area contributed by atoms with Gasteiger partial charge in [0.1, 0.15) is 0 Å². The molecule has 0 bridgehead atoms. The molecule has 3 N–H and O–H groups in total. The summed E-state index contributed by atoms with van der Waals surface area (Å²) in [6.07, 6.45) is 0.274. The first-order valence-corrected chi connectivity index (χ1v) is 11.3. The first kappa shape index (κ1) is 24.1. The number of rotatable bonds is 6. The third-order valence-electron chi connectivity index (χ3n) is 5.96. The Morgan fingerprint density at radius 3 is 2.53 bits per heavy atom. The summed E-state index contributed by atoms with van der Waals surface area (Å²) in [5.74, 6) is -0.0254. The van der Waals surface area contributed by atoms with Crippen molar-refractivity contribution < 1.29 is 9.59 Å². The van der Waals surface area contributed by atoms with Crippen LogP contribution in [0.2, 0.25) is 10.0 Å². The molecule has 6 nitrogen and oxygen atoms in total. The predicted octanol–water partition coefficient (Wildman–Crippen LogP) is 4.95. The molecule has 32 heavy (non-hydrogen) atoms. The maximum atomic E-state index is 12.9. The van der Waals surface area contributed by atoms with E-state index < -0.39 is 5.54 Å². The minimum absolute atomic E-state index is 0.103. The van der Waals surface area contributed by atoms with Gasteiger partial charge in [-0.2, -0.15) is 0 Å². The van der Waals surface area contributed by atoms with E-state index in [9.17, 15) is 9.59 Å². The first-order valence-electron chi connectivity index (χ1n) is 10.5. The van der Waals surface area contributed by atoms with Crippen molar-refractivity contribution in [1.82, 2.24) is 10.2 Å². The molecule has 2 aromatic rings. The third kappa shape index (κ3) is 5.43. The minimum Gasteiger partial charge on any atom is -0.369 e. The summed E-state index contributed by atoms with van der Waals surface area (Å²) >= 11 is 12.3. The van der Waals surface area contributed by atoms with Crippen molar-refractivity contribution in [2.24, 2.45) is 16.6 Å². The number of aliphatic imine (C=N–C) groups is 1. The number of halogens is 2. The molecule has 0 radical (unpaired) electrons. The van der Waals surface area contributed by atoms with Gasteiger partial charge in [-0.05, 0) is 61.2 Å². The van der Waals surface area contributed by atoms with Crippen LogP contribution in [0.4, 0.5) is 0 Å². The summed E-state index contributed by atoms with van der Waals surface area (Å²) in [6.45, 7) is 8.04. The fraction of sp³-hybridized carbons (Fsp3) is 0.375. The van der Waals surface area contributed by atoms with Gasteiger partial charge in [-0.15, -0.1) is 0 Å². The topological polar surface area (TPSA) is 87.8 Å². The Morgan fingerprint density at radius 2 is 1.91 bits per heavy atom. The fourth-order valence-electron chi connectivity index (χ4n) is 3.59. The highest BCUT2D eigenvalue weighted by molar-refractivity contribution is 6.31. The molecule has 0 saturated carbocycles. The molecule has 2 atom stereocenters. The summed E-state index contributed by atoms with van der Waals surface area (Å²) in [6, 6.07) is 12.1. The molecule has 1 heterocycles. The Kier molecular flexibility index (Phi) is 7.16. The monoisotopic (exact) mass is 474 g/mol. The lowest BCUT2D eigenvalue weighted by molar-refractivity contribution is -0.130. The number of nitrogens with two attached hydrogens (primary N) is 1. The number of amides is 2. The average molecular weight is 475 g/mol. The van der Waals surface area contributed by atoms with E-state index in [0.717, 1.165) is 5.56 Å². The molecule has 170 valence electrons. The number of hydrogen-bond donors (Lipinski definition) is 2. The lowest BCUT2D eigenvalue weighted by Gasteiger charge is -2.37. The summed E-state index contributed by atoms with van der Waals surface area (Å²) in [7, 11) is 0. The largest absolute Gasteiger partial charge is 0.369 e. The molecule has 0 aliphatic carbocycles. The number of guanidine groups is 1. The van der Waals surface area contributed by atoms with Gasteiger partial charge in [0.2, 0.25) is 5.91 Å². The van der Waals surface area contributed by atoms with Crippen LogP contribution in [0.25, 0.3) is 0 Å². The van der Waals surface area contributed by atoms with Crippen LogP contribution in [0.1, 0.15) is 61.6 Å². The SMILES string of the molecule is CC(C)[C@]1(C)CC(=O)N(Cc2cc(Cl)cc(C(=O)N[C@@H](C)c3cccc(Cl)c3)c2)C(N)=N1. The zero-order valence-corrected chi connectivity index (χ0v) is 20.2. The van der Waals surface area contributed by atoms with Gasteiger partial charge in [0.05, 0.1) is 24.5 Å². The molecule has 0 unspecified atom stereocenters. The second-order valence-electron chi connectivity index (χ2n) is 8.74. The molecule has 0 fully saturated rings. The Morgan fingerprint density at radius 1 is 1.19 bits per heavy atom. The molecule has 0 spiro atoms. The maximum absolute atomic E-state index is 12.9. The van der Waals surface area contributed by atoms with Gasteiger partial charge in [0.25, 0.3) is 5.91 Å². The van der Waals surface area contributed by atoms with Crippen molar-refractivity contribution in [3.05, 3.63) is 69.2 Å². The van der Waals surface area contributed by atoms with E-state index in [2.05, 4.69) is 10.3 Å². The molecule has 8 heteroatoms. The van der Waals surface area contributed by atoms with E-state index in [-0.39, 0.29) is 42.7 Å². The fourth-order valence-corrected chi connectivity index (χ4v) is 4.04. The molecule has 0 aromatic heterocycles. The van der Waals surface area contributed by atoms with Gasteiger partial charge in [0, 0.05) is 15.6 Å². The molecule has 0 saturated heterocycles. The number of carbonyl (C=O) groups excluding carboxylic acids is 2. The van der Waals surface area contributed by atoms with Gasteiger partial charge in [0.15, 0.2) is 5.96 Å². The summed E-state index contributed by atoms with van der Waals surface area (Å²) in [5.41, 5.74) is 7.60. The van der Waals surface area contributed by atoms with Gasteiger partial charge in [-0.3, -0.25) is 14.5 Å². The molecular formula is C24H28Cl2N4O2. The molecule has 2 amide bonds. The third-order valence-corrected chi connectivity index (χ3v) is 6.41. The Labute approximate surface area is 198 Å². The lowest BCUT2D eigenvalue weighted by atomic mass is 9.84. The molecule has 2 aromatic carbocycles. The van der Waals surface area contributed by atoms with E-state index in [4.69, 9.17) is 28.9 Å². The Balaban J connectivity index is 1.79. The van der Waals surface area contributed by atoms with Crippen molar-refractivity contribution >= 4 is 41.0 Å². The summed E-state index contributed by atoms with van der Waals surface area (Å²) in [5, 5.41) is 3.96. The van der Waals surface area contributed by atoms with Gasteiger partial charge < -0.3 is 11.1 Å². The van der Waals surface area contributed by atoms with Crippen LogP contribution < -0.4 is 11.1 Å². The van der Waals surface area contributed by atoms with Crippen LogP contribution >= 0.6 is 23.2 Å². The highest BCUT2D eigenvalue weighted by Crippen LogP contribution is 2.30. The van der Waals surface area contributed by atoms with Gasteiger partial charge >= 0.3 is 0 Å². The molecule has 1 aliphatic rings. The van der Waals surface area contributed by atoms with Gasteiger partial charge in [-0.1, -0.05) is 49.2 Å². The minimum atomic E-state index is -0.520. The smallest absolute Gasteiger partial charge is 0.251 e. The van der Waals surface area contributed by atoms with E-state index in [1.54, 1.807) is 24.3 Å². The Bertz CT molecular complexity index is 1070. The zero-order chi connectivity index (χ0) is 23.6. The predicted molar refractivity (Wildman–Crippen MR) is 129 cm³/mol. The van der Waals surface area contributed by atoms with E-state index in [1.165, 1.54) is 4.90 Å². The van der Waals surface area contributed by atoms with Crippen LogP contribution in [0, 0.1) is 5.92 Å².